The van der Waals surface area contributed by atoms with Gasteiger partial charge in [-0.3, -0.25) is 9.59 Å². The Labute approximate surface area is 129 Å². The Morgan fingerprint density at radius 2 is 1.68 bits per heavy atom. The van der Waals surface area contributed by atoms with Crippen LogP contribution < -0.4 is 10.6 Å². The lowest BCUT2D eigenvalue weighted by Crippen LogP contribution is -2.36. The lowest BCUT2D eigenvalue weighted by Gasteiger charge is -2.08. The second kappa shape index (κ2) is 7.26. The number of rotatable bonds is 4. The van der Waals surface area contributed by atoms with Crippen LogP contribution in [0.15, 0.2) is 48.5 Å². The summed E-state index contributed by atoms with van der Waals surface area (Å²) in [5, 5.41) is 14.3. The number of amides is 2. The number of aromatic hydroxyl groups is 1. The Morgan fingerprint density at radius 3 is 2.36 bits per heavy atom. The van der Waals surface area contributed by atoms with Crippen LogP contribution in [0.2, 0.25) is 0 Å². The molecule has 2 aromatic rings. The lowest BCUT2D eigenvalue weighted by atomic mass is 10.1. The van der Waals surface area contributed by atoms with Crippen molar-refractivity contribution in [3.8, 4) is 5.75 Å². The van der Waals surface area contributed by atoms with Crippen LogP contribution in [-0.2, 0) is 16.0 Å². The van der Waals surface area contributed by atoms with Crippen molar-refractivity contribution in [2.24, 2.45) is 0 Å². The molecule has 0 saturated heterocycles. The second-order valence-electron chi connectivity index (χ2n) is 4.94. The third kappa shape index (κ3) is 4.34. The number of anilines is 1. The first-order chi connectivity index (χ1) is 10.6. The van der Waals surface area contributed by atoms with E-state index < -0.39 is 11.8 Å². The van der Waals surface area contributed by atoms with Crippen LogP contribution in [0, 0.1) is 6.92 Å². The molecule has 0 heterocycles. The van der Waals surface area contributed by atoms with Gasteiger partial charge >= 0.3 is 11.8 Å². The van der Waals surface area contributed by atoms with Crippen LogP contribution in [0.4, 0.5) is 5.69 Å². The second-order valence-corrected chi connectivity index (χ2v) is 4.94. The number of carbonyl (C=O) groups is 2. The summed E-state index contributed by atoms with van der Waals surface area (Å²) in [6.07, 6.45) is 0.587. The van der Waals surface area contributed by atoms with Crippen molar-refractivity contribution in [3.63, 3.8) is 0 Å². The molecule has 2 amide bonds. The number of nitrogens with one attached hydrogen (secondary N) is 2. The summed E-state index contributed by atoms with van der Waals surface area (Å²) in [4.78, 5) is 23.5. The minimum absolute atomic E-state index is 0.199. The molecule has 0 spiro atoms. The zero-order valence-corrected chi connectivity index (χ0v) is 12.3. The van der Waals surface area contributed by atoms with Crippen molar-refractivity contribution < 1.29 is 14.7 Å². The van der Waals surface area contributed by atoms with E-state index in [9.17, 15) is 14.7 Å². The molecule has 0 aliphatic heterocycles. The predicted molar refractivity (Wildman–Crippen MR) is 84.6 cm³/mol. The summed E-state index contributed by atoms with van der Waals surface area (Å²) in [7, 11) is 0. The average Bonchev–Trinajstić information content (AvgIpc) is 2.51. The van der Waals surface area contributed by atoms with Crippen molar-refractivity contribution in [2.45, 2.75) is 13.3 Å². The maximum Gasteiger partial charge on any atom is 0.313 e. The molecule has 0 aliphatic rings. The summed E-state index contributed by atoms with van der Waals surface area (Å²) in [6, 6.07) is 14.0. The molecule has 114 valence electrons. The van der Waals surface area contributed by atoms with E-state index >= 15 is 0 Å². The van der Waals surface area contributed by atoms with E-state index in [2.05, 4.69) is 10.6 Å². The molecule has 2 rings (SSSR count). The van der Waals surface area contributed by atoms with Crippen LogP contribution in [0.1, 0.15) is 11.1 Å². The lowest BCUT2D eigenvalue weighted by molar-refractivity contribution is -0.136. The van der Waals surface area contributed by atoms with Gasteiger partial charge in [0.1, 0.15) is 5.75 Å². The summed E-state index contributed by atoms with van der Waals surface area (Å²) >= 11 is 0. The highest BCUT2D eigenvalue weighted by atomic mass is 16.3. The van der Waals surface area contributed by atoms with Crippen LogP contribution in [0.3, 0.4) is 0 Å². The fourth-order valence-electron chi connectivity index (χ4n) is 1.96. The number of hydrogen-bond donors (Lipinski definition) is 3. The zero-order chi connectivity index (χ0) is 15.9. The monoisotopic (exact) mass is 298 g/mol. The first kappa shape index (κ1) is 15.6. The minimum Gasteiger partial charge on any atom is -0.508 e. The predicted octanol–water partition coefficient (Wildman–Crippen LogP) is 2.00. The number of para-hydroxylation sites is 1. The van der Waals surface area contributed by atoms with Gasteiger partial charge in [-0.15, -0.1) is 0 Å². The molecule has 0 unspecified atom stereocenters. The highest BCUT2D eigenvalue weighted by Crippen LogP contribution is 2.12. The molecule has 5 heteroatoms. The van der Waals surface area contributed by atoms with Crippen molar-refractivity contribution in [1.29, 1.82) is 0 Å². The largest absolute Gasteiger partial charge is 0.508 e. The quantitative estimate of drug-likeness (QED) is 0.755. The Morgan fingerprint density at radius 1 is 1.00 bits per heavy atom. The molecular weight excluding hydrogens is 280 g/mol. The molecule has 0 bridgehead atoms. The van der Waals surface area contributed by atoms with Gasteiger partial charge < -0.3 is 15.7 Å². The third-order valence-corrected chi connectivity index (χ3v) is 3.24. The zero-order valence-electron chi connectivity index (χ0n) is 12.3. The van der Waals surface area contributed by atoms with E-state index in [4.69, 9.17) is 0 Å². The first-order valence-electron chi connectivity index (χ1n) is 6.99. The molecule has 3 N–H and O–H groups in total. The van der Waals surface area contributed by atoms with Crippen molar-refractivity contribution >= 4 is 17.5 Å². The van der Waals surface area contributed by atoms with Crippen molar-refractivity contribution in [1.82, 2.24) is 5.32 Å². The Hall–Kier alpha value is -2.82. The molecule has 2 aromatic carbocycles. The molecule has 5 nitrogen and oxygen atoms in total. The van der Waals surface area contributed by atoms with Gasteiger partial charge in [0.15, 0.2) is 0 Å². The van der Waals surface area contributed by atoms with Crippen molar-refractivity contribution in [2.75, 3.05) is 11.9 Å². The summed E-state index contributed by atoms with van der Waals surface area (Å²) in [5.74, 6) is -1.15. The Balaban J connectivity index is 1.80. The normalized spacial score (nSPS) is 10.0. The molecule has 0 fully saturated rings. The maximum atomic E-state index is 11.8. The highest BCUT2D eigenvalue weighted by molar-refractivity contribution is 6.39. The number of carbonyl (C=O) groups excluding carboxylic acids is 2. The number of aryl methyl sites for hydroxylation is 1. The summed E-state index contributed by atoms with van der Waals surface area (Å²) in [5.41, 5.74) is 2.49. The standard InChI is InChI=1S/C17H18N2O3/c1-12-4-2-3-5-15(12)19-17(22)16(21)18-11-10-13-6-8-14(20)9-7-13/h2-9,20H,10-11H2,1H3,(H,18,21)(H,19,22). The molecule has 22 heavy (non-hydrogen) atoms. The number of phenolic OH excluding ortho intramolecular Hbond substituents is 1. The number of phenols is 1. The summed E-state index contributed by atoms with van der Waals surface area (Å²) < 4.78 is 0. The molecule has 0 saturated carbocycles. The first-order valence-corrected chi connectivity index (χ1v) is 6.99. The van der Waals surface area contributed by atoms with E-state index in [0.717, 1.165) is 11.1 Å². The van der Waals surface area contributed by atoms with E-state index in [-0.39, 0.29) is 5.75 Å². The van der Waals surface area contributed by atoms with Gasteiger partial charge in [0, 0.05) is 12.2 Å². The molecule has 0 radical (unpaired) electrons. The van der Waals surface area contributed by atoms with E-state index in [0.29, 0.717) is 18.7 Å². The van der Waals surface area contributed by atoms with Gasteiger partial charge in [0.2, 0.25) is 0 Å². The van der Waals surface area contributed by atoms with Gasteiger partial charge in [-0.05, 0) is 42.7 Å². The van der Waals surface area contributed by atoms with E-state index in [1.165, 1.54) is 0 Å². The van der Waals surface area contributed by atoms with E-state index in [1.807, 2.05) is 19.1 Å². The number of hydrogen-bond acceptors (Lipinski definition) is 3. The fourth-order valence-corrected chi connectivity index (χ4v) is 1.96. The fraction of sp³-hybridized carbons (Fsp3) is 0.176. The SMILES string of the molecule is Cc1ccccc1NC(=O)C(=O)NCCc1ccc(O)cc1. The number of benzene rings is 2. The molecular formula is C17H18N2O3. The molecule has 0 atom stereocenters. The van der Waals surface area contributed by atoms with Gasteiger partial charge in [-0.25, -0.2) is 0 Å². The average molecular weight is 298 g/mol. The van der Waals surface area contributed by atoms with Crippen LogP contribution in [0.5, 0.6) is 5.75 Å². The highest BCUT2D eigenvalue weighted by Gasteiger charge is 2.13. The maximum absolute atomic E-state index is 11.8. The minimum atomic E-state index is -0.681. The smallest absolute Gasteiger partial charge is 0.313 e. The third-order valence-electron chi connectivity index (χ3n) is 3.24. The Kier molecular flexibility index (Phi) is 5.14. The molecule has 0 aromatic heterocycles. The topological polar surface area (TPSA) is 78.4 Å². The van der Waals surface area contributed by atoms with Gasteiger partial charge in [0.25, 0.3) is 0 Å². The molecule has 0 aliphatic carbocycles. The van der Waals surface area contributed by atoms with Gasteiger partial charge in [0.05, 0.1) is 0 Å². The van der Waals surface area contributed by atoms with Crippen LogP contribution in [-0.4, -0.2) is 23.5 Å². The van der Waals surface area contributed by atoms with Gasteiger partial charge in [-0.1, -0.05) is 30.3 Å². The van der Waals surface area contributed by atoms with Crippen molar-refractivity contribution in [3.05, 3.63) is 59.7 Å². The van der Waals surface area contributed by atoms with Crippen LogP contribution in [0.25, 0.3) is 0 Å². The Bertz CT molecular complexity index is 666. The summed E-state index contributed by atoms with van der Waals surface area (Å²) in [6.45, 7) is 2.21. The van der Waals surface area contributed by atoms with Crippen LogP contribution >= 0.6 is 0 Å². The van der Waals surface area contributed by atoms with E-state index in [1.54, 1.807) is 36.4 Å². The van der Waals surface area contributed by atoms with Gasteiger partial charge in [-0.2, -0.15) is 0 Å².